The van der Waals surface area contributed by atoms with Crippen LogP contribution in [0, 0.1) is 22.2 Å². The fraction of sp³-hybridized carbons (Fsp3) is 0.516. The fourth-order valence-electron chi connectivity index (χ4n) is 7.62. The van der Waals surface area contributed by atoms with Gasteiger partial charge in [0.1, 0.15) is 5.69 Å². The quantitative estimate of drug-likeness (QED) is 0.340. The topological polar surface area (TPSA) is 46.5 Å². The molecule has 0 bridgehead atoms. The van der Waals surface area contributed by atoms with Crippen LogP contribution in [0.1, 0.15) is 92.7 Å². The van der Waals surface area contributed by atoms with Crippen molar-refractivity contribution in [1.82, 2.24) is 0 Å². The Kier molecular flexibility index (Phi) is 6.08. The number of hydrogen-bond donors (Lipinski definition) is 0. The van der Waals surface area contributed by atoms with Crippen LogP contribution in [0.15, 0.2) is 41.1 Å². The van der Waals surface area contributed by atoms with Crippen molar-refractivity contribution in [1.29, 1.82) is 0 Å². The van der Waals surface area contributed by atoms with Gasteiger partial charge >= 0.3 is 0 Å². The van der Waals surface area contributed by atoms with Crippen molar-refractivity contribution >= 4 is 17.5 Å². The maximum absolute atomic E-state index is 13.8. The van der Waals surface area contributed by atoms with E-state index in [0.717, 1.165) is 56.9 Å². The summed E-state index contributed by atoms with van der Waals surface area (Å²) in [4.78, 5) is 24.8. The number of benzene rings is 2. The van der Waals surface area contributed by atoms with E-state index >= 15 is 0 Å². The molecule has 0 spiro atoms. The minimum absolute atomic E-state index is 0.237. The summed E-state index contributed by atoms with van der Waals surface area (Å²) in [6.45, 7) is 8.95. The molecule has 0 aromatic heterocycles. The molecule has 0 aliphatic heterocycles. The lowest BCUT2D eigenvalue weighted by molar-refractivity contribution is -0.127. The van der Waals surface area contributed by atoms with Gasteiger partial charge in [-0.05, 0) is 131 Å². The molecule has 0 amide bonds. The highest BCUT2D eigenvalue weighted by Crippen LogP contribution is 2.61. The lowest BCUT2D eigenvalue weighted by Gasteiger charge is -2.48. The first kappa shape index (κ1) is 23.2. The zero-order valence-corrected chi connectivity index (χ0v) is 21.1. The Labute approximate surface area is 204 Å². The van der Waals surface area contributed by atoms with Crippen LogP contribution in [0.25, 0.3) is 6.08 Å². The van der Waals surface area contributed by atoms with Crippen LogP contribution in [-0.2, 0) is 30.5 Å². The van der Waals surface area contributed by atoms with Gasteiger partial charge in [0, 0.05) is 5.41 Å². The highest BCUT2D eigenvalue weighted by atomic mass is 16.3. The maximum atomic E-state index is 13.8. The predicted molar refractivity (Wildman–Crippen MR) is 139 cm³/mol. The van der Waals surface area contributed by atoms with Gasteiger partial charge in [-0.25, -0.2) is 0 Å². The molecule has 4 atom stereocenters. The van der Waals surface area contributed by atoms with Crippen LogP contribution in [0.2, 0.25) is 0 Å². The van der Waals surface area contributed by atoms with Crippen molar-refractivity contribution in [2.75, 3.05) is 0 Å². The smallest absolute Gasteiger partial charge is 0.165 e. The summed E-state index contributed by atoms with van der Waals surface area (Å²) in [5.41, 5.74) is 9.56. The Hall–Kier alpha value is -2.55. The molecule has 0 saturated heterocycles. The number of carbonyl (C=O) groups is 1. The second-order valence-corrected chi connectivity index (χ2v) is 10.9. The molecule has 2 aromatic carbocycles. The van der Waals surface area contributed by atoms with Crippen molar-refractivity contribution in [2.24, 2.45) is 22.4 Å². The number of hydrogen-bond acceptors (Lipinski definition) is 3. The van der Waals surface area contributed by atoms with Gasteiger partial charge < -0.3 is 0 Å². The van der Waals surface area contributed by atoms with E-state index in [0.29, 0.717) is 29.2 Å². The number of ketones is 1. The molecule has 3 aliphatic rings. The summed E-state index contributed by atoms with van der Waals surface area (Å²) in [6.07, 6.45) is 10.4. The van der Waals surface area contributed by atoms with Crippen LogP contribution in [0.5, 0.6) is 0 Å². The number of Topliss-reactive ketones (excluding diaryl/α,β-unsaturated/α-hetero) is 1. The minimum Gasteiger partial charge on any atom is -0.294 e. The van der Waals surface area contributed by atoms with Crippen molar-refractivity contribution in [3.8, 4) is 0 Å². The Bertz CT molecular complexity index is 1150. The molecule has 2 aromatic rings. The van der Waals surface area contributed by atoms with Crippen molar-refractivity contribution in [2.45, 2.75) is 85.0 Å². The first-order valence-electron chi connectivity index (χ1n) is 13.3. The average molecular weight is 456 g/mol. The lowest BCUT2D eigenvalue weighted by Crippen LogP contribution is -2.42. The van der Waals surface area contributed by atoms with Gasteiger partial charge in [0.2, 0.25) is 0 Å². The zero-order chi connectivity index (χ0) is 24.0. The van der Waals surface area contributed by atoms with Crippen molar-refractivity contribution in [3.63, 3.8) is 0 Å². The molecule has 3 aliphatic carbocycles. The molecular formula is C31H37NO2. The second-order valence-electron chi connectivity index (χ2n) is 10.9. The van der Waals surface area contributed by atoms with E-state index in [1.807, 2.05) is 12.1 Å². The number of rotatable bonds is 5. The standard InChI is InChI=1S/C31H37NO2/c1-5-20-14-19(15-21(6-2)25(20)7-3)16-23-18-29-28-10-8-22-17-24(32-34)9-11-26(22)27(28)12-13-31(29,4)30(23)33/h9,11,14-17,27-29H,5-8,10,12-13,18H2,1-4H3/b23-16+/t27?,28?,29?,31-/m0/s1. The highest BCUT2D eigenvalue weighted by molar-refractivity contribution is 6.06. The van der Waals surface area contributed by atoms with E-state index < -0.39 is 0 Å². The Morgan fingerprint density at radius 1 is 1.03 bits per heavy atom. The second kappa shape index (κ2) is 8.91. The molecule has 3 nitrogen and oxygen atoms in total. The summed E-state index contributed by atoms with van der Waals surface area (Å²) in [7, 11) is 0. The predicted octanol–water partition coefficient (Wildman–Crippen LogP) is 7.89. The zero-order valence-electron chi connectivity index (χ0n) is 21.1. The van der Waals surface area contributed by atoms with Crippen LogP contribution < -0.4 is 0 Å². The molecule has 178 valence electrons. The molecule has 3 unspecified atom stereocenters. The number of aryl methyl sites for hydroxylation is 3. The van der Waals surface area contributed by atoms with Gasteiger partial charge in [-0.1, -0.05) is 45.9 Å². The maximum Gasteiger partial charge on any atom is 0.165 e. The molecule has 0 radical (unpaired) electrons. The van der Waals surface area contributed by atoms with Crippen LogP contribution in [0.4, 0.5) is 5.69 Å². The number of nitroso groups, excluding NO2 is 1. The monoisotopic (exact) mass is 455 g/mol. The van der Waals surface area contributed by atoms with Crippen LogP contribution in [0.3, 0.4) is 0 Å². The number of fused-ring (bicyclic) bond motifs is 5. The van der Waals surface area contributed by atoms with Crippen molar-refractivity contribution in [3.05, 3.63) is 74.2 Å². The molecule has 0 N–H and O–H groups in total. The van der Waals surface area contributed by atoms with E-state index in [-0.39, 0.29) is 5.41 Å². The summed E-state index contributed by atoms with van der Waals surface area (Å²) in [5, 5.41) is 3.14. The molecule has 2 saturated carbocycles. The summed E-state index contributed by atoms with van der Waals surface area (Å²) in [5.74, 6) is 1.83. The third-order valence-electron chi connectivity index (χ3n) is 9.37. The van der Waals surface area contributed by atoms with E-state index in [1.54, 1.807) is 0 Å². The first-order chi connectivity index (χ1) is 16.4. The van der Waals surface area contributed by atoms with Crippen LogP contribution >= 0.6 is 0 Å². The van der Waals surface area contributed by atoms with Crippen molar-refractivity contribution < 1.29 is 4.79 Å². The average Bonchev–Trinajstić information content (AvgIpc) is 3.12. The van der Waals surface area contributed by atoms with E-state index in [2.05, 4.69) is 57.1 Å². The number of nitrogens with zero attached hydrogens (tertiary/aromatic N) is 1. The normalized spacial score (nSPS) is 29.0. The molecule has 2 fully saturated rings. The third kappa shape index (κ3) is 3.59. The molecule has 0 heterocycles. The fourth-order valence-corrected chi connectivity index (χ4v) is 7.62. The van der Waals surface area contributed by atoms with E-state index in [9.17, 15) is 9.70 Å². The Morgan fingerprint density at radius 3 is 2.41 bits per heavy atom. The van der Waals surface area contributed by atoms with Gasteiger partial charge in [-0.15, -0.1) is 4.91 Å². The van der Waals surface area contributed by atoms with Gasteiger partial charge in [0.15, 0.2) is 5.78 Å². The third-order valence-corrected chi connectivity index (χ3v) is 9.37. The lowest BCUT2D eigenvalue weighted by atomic mass is 9.55. The highest BCUT2D eigenvalue weighted by Gasteiger charge is 2.56. The molecule has 3 heteroatoms. The SMILES string of the molecule is CCc1cc(/C=C2\CC3C4CCc5cc(N=O)ccc5C4CC[C@]3(C)C2=O)cc(CC)c1CC. The number of allylic oxidation sites excluding steroid dienone is 1. The Balaban J connectivity index is 1.48. The van der Waals surface area contributed by atoms with Crippen LogP contribution in [-0.4, -0.2) is 5.78 Å². The molecule has 34 heavy (non-hydrogen) atoms. The Morgan fingerprint density at radius 2 is 1.76 bits per heavy atom. The molecule has 5 rings (SSSR count). The summed E-state index contributed by atoms with van der Waals surface area (Å²) >= 11 is 0. The van der Waals surface area contributed by atoms with E-state index in [1.165, 1.54) is 33.4 Å². The number of carbonyl (C=O) groups excluding carboxylic acids is 1. The van der Waals surface area contributed by atoms with E-state index in [4.69, 9.17) is 0 Å². The van der Waals surface area contributed by atoms with Gasteiger partial charge in [0.25, 0.3) is 0 Å². The van der Waals surface area contributed by atoms with Gasteiger partial charge in [0.05, 0.1) is 0 Å². The van der Waals surface area contributed by atoms with Gasteiger partial charge in [-0.2, -0.15) is 0 Å². The summed E-state index contributed by atoms with van der Waals surface area (Å²) < 4.78 is 0. The largest absolute Gasteiger partial charge is 0.294 e. The first-order valence-corrected chi connectivity index (χ1v) is 13.3. The minimum atomic E-state index is -0.237. The molecular weight excluding hydrogens is 418 g/mol. The summed E-state index contributed by atoms with van der Waals surface area (Å²) in [6, 6.07) is 10.6. The van der Waals surface area contributed by atoms with Gasteiger partial charge in [-0.3, -0.25) is 4.79 Å².